The fourth-order valence-electron chi connectivity index (χ4n) is 4.78. The molecule has 9 nitrogen and oxygen atoms in total. The molecule has 0 spiro atoms. The molecule has 3 aromatic carbocycles. The van der Waals surface area contributed by atoms with E-state index in [2.05, 4.69) is 10.5 Å². The van der Waals surface area contributed by atoms with Crippen LogP contribution in [0, 0.1) is 27.7 Å². The van der Waals surface area contributed by atoms with Crippen molar-refractivity contribution in [1.29, 1.82) is 0 Å². The van der Waals surface area contributed by atoms with Gasteiger partial charge in [0, 0.05) is 23.0 Å². The standard InChI is InChI=1S/C31H33ClN4O5S/c1-20-13-21(2)15-25(14-20)35(42(38,39)26-11-12-29(40-5)30(17-26)41-6)19-31(37)34-33-18-24-16-22(3)36(23(24)4)28-10-8-7-9-27(28)32/h7-18H,19H2,1-6H3,(H,34,37)/b33-18-. The number of carbonyl (C=O) groups excluding carboxylic acids is 1. The molecule has 4 aromatic rings. The van der Waals surface area contributed by atoms with Crippen LogP contribution in [-0.4, -0.2) is 45.9 Å². The molecule has 11 heteroatoms. The number of hydrogen-bond donors (Lipinski definition) is 1. The lowest BCUT2D eigenvalue weighted by molar-refractivity contribution is -0.119. The minimum absolute atomic E-state index is 0.0531. The van der Waals surface area contributed by atoms with Gasteiger partial charge in [0.05, 0.1) is 41.7 Å². The highest BCUT2D eigenvalue weighted by Gasteiger charge is 2.29. The van der Waals surface area contributed by atoms with Gasteiger partial charge in [-0.3, -0.25) is 9.10 Å². The van der Waals surface area contributed by atoms with Crippen LogP contribution in [0.1, 0.15) is 28.1 Å². The number of amides is 1. The maximum absolute atomic E-state index is 13.9. The monoisotopic (exact) mass is 608 g/mol. The summed E-state index contributed by atoms with van der Waals surface area (Å²) in [7, 11) is -1.30. The van der Waals surface area contributed by atoms with Gasteiger partial charge in [0.25, 0.3) is 15.9 Å². The largest absolute Gasteiger partial charge is 0.493 e. The van der Waals surface area contributed by atoms with Crippen LogP contribution in [0.2, 0.25) is 5.02 Å². The molecule has 1 heterocycles. The maximum atomic E-state index is 13.9. The van der Waals surface area contributed by atoms with E-state index in [9.17, 15) is 13.2 Å². The zero-order valence-electron chi connectivity index (χ0n) is 24.3. The van der Waals surface area contributed by atoms with Gasteiger partial charge in [-0.2, -0.15) is 5.10 Å². The molecular formula is C31H33ClN4O5S. The van der Waals surface area contributed by atoms with Gasteiger partial charge >= 0.3 is 0 Å². The molecule has 1 amide bonds. The molecule has 0 aliphatic rings. The quantitative estimate of drug-likeness (QED) is 0.183. The van der Waals surface area contributed by atoms with Crippen LogP contribution in [0.15, 0.2) is 76.7 Å². The second-order valence-electron chi connectivity index (χ2n) is 9.78. The summed E-state index contributed by atoms with van der Waals surface area (Å²) in [4.78, 5) is 13.1. The zero-order chi connectivity index (χ0) is 30.6. The first kappa shape index (κ1) is 30.7. The zero-order valence-corrected chi connectivity index (χ0v) is 25.9. The summed E-state index contributed by atoms with van der Waals surface area (Å²) in [6.45, 7) is 7.10. The summed E-state index contributed by atoms with van der Waals surface area (Å²) in [6, 6.07) is 19.1. The van der Waals surface area contributed by atoms with Crippen molar-refractivity contribution in [3.8, 4) is 17.2 Å². The van der Waals surface area contributed by atoms with Crippen molar-refractivity contribution in [1.82, 2.24) is 9.99 Å². The Bertz CT molecular complexity index is 1740. The molecule has 0 atom stereocenters. The maximum Gasteiger partial charge on any atom is 0.264 e. The number of sulfonamides is 1. The molecule has 0 aliphatic carbocycles. The van der Waals surface area contributed by atoms with E-state index in [-0.39, 0.29) is 10.6 Å². The van der Waals surface area contributed by atoms with Crippen molar-refractivity contribution >= 4 is 39.4 Å². The Morgan fingerprint density at radius 2 is 1.62 bits per heavy atom. The number of aromatic nitrogens is 1. The summed E-state index contributed by atoms with van der Waals surface area (Å²) in [5, 5.41) is 4.74. The lowest BCUT2D eigenvalue weighted by Gasteiger charge is -2.25. The predicted octanol–water partition coefficient (Wildman–Crippen LogP) is 5.73. The second kappa shape index (κ2) is 12.7. The van der Waals surface area contributed by atoms with Gasteiger partial charge < -0.3 is 14.0 Å². The summed E-state index contributed by atoms with van der Waals surface area (Å²) >= 11 is 6.41. The minimum atomic E-state index is -4.19. The number of ether oxygens (including phenoxy) is 2. The fourth-order valence-corrected chi connectivity index (χ4v) is 6.42. The number of carbonyl (C=O) groups is 1. The van der Waals surface area contributed by atoms with Gasteiger partial charge in [0.1, 0.15) is 6.54 Å². The Labute approximate surface area is 251 Å². The molecule has 4 rings (SSSR count). The highest BCUT2D eigenvalue weighted by atomic mass is 35.5. The van der Waals surface area contributed by atoms with Gasteiger partial charge in [0.15, 0.2) is 11.5 Å². The van der Waals surface area contributed by atoms with E-state index in [1.54, 1.807) is 12.1 Å². The topological polar surface area (TPSA) is 102 Å². The number of halogens is 1. The molecule has 0 bridgehead atoms. The summed E-state index contributed by atoms with van der Waals surface area (Å²) in [6.07, 6.45) is 1.53. The molecule has 0 aliphatic heterocycles. The molecule has 0 fully saturated rings. The molecule has 42 heavy (non-hydrogen) atoms. The summed E-state index contributed by atoms with van der Waals surface area (Å²) in [5.74, 6) is 0.0205. The molecule has 0 radical (unpaired) electrons. The Balaban J connectivity index is 1.62. The average molecular weight is 609 g/mol. The van der Waals surface area contributed by atoms with E-state index in [4.69, 9.17) is 21.1 Å². The molecule has 0 saturated heterocycles. The lowest BCUT2D eigenvalue weighted by Crippen LogP contribution is -2.39. The smallest absolute Gasteiger partial charge is 0.264 e. The van der Waals surface area contributed by atoms with Gasteiger partial charge in [-0.25, -0.2) is 13.8 Å². The minimum Gasteiger partial charge on any atom is -0.493 e. The summed E-state index contributed by atoms with van der Waals surface area (Å²) in [5.41, 5.74) is 7.96. The van der Waals surface area contributed by atoms with Crippen LogP contribution in [0.25, 0.3) is 5.69 Å². The van der Waals surface area contributed by atoms with E-state index >= 15 is 0 Å². The number of hydrazone groups is 1. The fraction of sp³-hybridized carbons (Fsp3) is 0.226. The van der Waals surface area contributed by atoms with Gasteiger partial charge in [-0.15, -0.1) is 0 Å². The van der Waals surface area contributed by atoms with Gasteiger partial charge in [-0.1, -0.05) is 29.8 Å². The normalized spacial score (nSPS) is 11.5. The number of anilines is 1. The molecule has 220 valence electrons. The van der Waals surface area contributed by atoms with Gasteiger partial charge in [0.2, 0.25) is 0 Å². The van der Waals surface area contributed by atoms with Crippen molar-refractivity contribution in [3.05, 3.63) is 99.8 Å². The second-order valence-corrected chi connectivity index (χ2v) is 12.1. The van der Waals surface area contributed by atoms with Crippen molar-refractivity contribution < 1.29 is 22.7 Å². The molecule has 1 N–H and O–H groups in total. The third-order valence-electron chi connectivity index (χ3n) is 6.68. The number of nitrogens with one attached hydrogen (secondary N) is 1. The Hall–Kier alpha value is -4.28. The van der Waals surface area contributed by atoms with E-state index in [0.717, 1.165) is 38.1 Å². The molecule has 0 saturated carbocycles. The lowest BCUT2D eigenvalue weighted by atomic mass is 10.1. The number of methoxy groups -OCH3 is 2. The van der Waals surface area contributed by atoms with Crippen LogP contribution < -0.4 is 19.2 Å². The van der Waals surface area contributed by atoms with E-state index in [1.165, 1.54) is 38.6 Å². The first-order valence-corrected chi connectivity index (χ1v) is 14.9. The summed E-state index contributed by atoms with van der Waals surface area (Å²) < 4.78 is 41.4. The highest BCUT2D eigenvalue weighted by Crippen LogP contribution is 2.33. The van der Waals surface area contributed by atoms with Crippen LogP contribution in [-0.2, 0) is 14.8 Å². The molecule has 0 unspecified atom stereocenters. The number of rotatable bonds is 10. The SMILES string of the molecule is COc1ccc(S(=O)(=O)N(CC(=O)N/N=C\c2cc(C)n(-c3ccccc3Cl)c2C)c2cc(C)cc(C)c2)cc1OC. The van der Waals surface area contributed by atoms with E-state index in [1.807, 2.05) is 68.7 Å². The number of benzene rings is 3. The third kappa shape index (κ3) is 6.45. The van der Waals surface area contributed by atoms with Crippen LogP contribution in [0.5, 0.6) is 11.5 Å². The Morgan fingerprint density at radius 1 is 0.952 bits per heavy atom. The van der Waals surface area contributed by atoms with Crippen LogP contribution in [0.3, 0.4) is 0 Å². The molecular weight excluding hydrogens is 576 g/mol. The van der Waals surface area contributed by atoms with E-state index < -0.39 is 22.5 Å². The van der Waals surface area contributed by atoms with Crippen molar-refractivity contribution in [2.45, 2.75) is 32.6 Å². The first-order valence-electron chi connectivity index (χ1n) is 13.0. The Morgan fingerprint density at radius 3 is 2.26 bits per heavy atom. The number of hydrogen-bond acceptors (Lipinski definition) is 6. The van der Waals surface area contributed by atoms with Crippen molar-refractivity contribution in [2.75, 3.05) is 25.1 Å². The highest BCUT2D eigenvalue weighted by molar-refractivity contribution is 7.92. The third-order valence-corrected chi connectivity index (χ3v) is 8.77. The number of para-hydroxylation sites is 1. The average Bonchev–Trinajstić information content (AvgIpc) is 3.23. The number of nitrogens with zero attached hydrogens (tertiary/aromatic N) is 3. The Kier molecular flexibility index (Phi) is 9.28. The van der Waals surface area contributed by atoms with Gasteiger partial charge in [-0.05, 0) is 81.3 Å². The van der Waals surface area contributed by atoms with Crippen molar-refractivity contribution in [2.24, 2.45) is 5.10 Å². The molecule has 1 aromatic heterocycles. The number of aryl methyl sites for hydroxylation is 3. The van der Waals surface area contributed by atoms with Crippen molar-refractivity contribution in [3.63, 3.8) is 0 Å². The van der Waals surface area contributed by atoms with Crippen LogP contribution >= 0.6 is 11.6 Å². The van der Waals surface area contributed by atoms with Crippen LogP contribution in [0.4, 0.5) is 5.69 Å². The first-order chi connectivity index (χ1) is 20.0. The predicted molar refractivity (Wildman–Crippen MR) is 166 cm³/mol. The van der Waals surface area contributed by atoms with E-state index in [0.29, 0.717) is 16.5 Å².